The number of hydrogen-bond donors (Lipinski definition) is 2. The Morgan fingerprint density at radius 2 is 1.46 bits per heavy atom. The second-order valence-electron chi connectivity index (χ2n) is 9.34. The average molecular weight is 511 g/mol. The third-order valence-electron chi connectivity index (χ3n) is 5.29. The van der Waals surface area contributed by atoms with Gasteiger partial charge in [0.1, 0.15) is 5.78 Å². The van der Waals surface area contributed by atoms with Gasteiger partial charge in [0.15, 0.2) is 0 Å². The molecule has 2 nitrogen and oxygen atoms in total. The van der Waals surface area contributed by atoms with E-state index < -0.39 is 0 Å². The highest BCUT2D eigenvalue weighted by atomic mass is 32.1. The Hall–Kier alpha value is -1.06. The fourth-order valence-corrected chi connectivity index (χ4v) is 3.06. The van der Waals surface area contributed by atoms with Gasteiger partial charge in [-0.05, 0) is 76.5 Å². The fourth-order valence-electron chi connectivity index (χ4n) is 2.78. The van der Waals surface area contributed by atoms with Crippen LogP contribution in [0.3, 0.4) is 0 Å². The van der Waals surface area contributed by atoms with Crippen molar-refractivity contribution >= 4 is 18.4 Å². The molecule has 0 bridgehead atoms. The van der Waals surface area contributed by atoms with Crippen LogP contribution < -0.4 is 0 Å². The number of rotatable bonds is 5. The lowest BCUT2D eigenvalue weighted by molar-refractivity contribution is -0.116. The molecular formula is C32H62O2S. The van der Waals surface area contributed by atoms with E-state index in [0.717, 1.165) is 25.2 Å². The number of aliphatic hydroxyl groups excluding tert-OH is 1. The molecule has 2 rings (SSSR count). The van der Waals surface area contributed by atoms with Gasteiger partial charge in [-0.3, -0.25) is 0 Å². The third kappa shape index (κ3) is 32.9. The molecule has 35 heavy (non-hydrogen) atoms. The highest BCUT2D eigenvalue weighted by molar-refractivity contribution is 7.80. The van der Waals surface area contributed by atoms with Crippen molar-refractivity contribution in [1.29, 1.82) is 0 Å². The van der Waals surface area contributed by atoms with E-state index in [2.05, 4.69) is 65.1 Å². The van der Waals surface area contributed by atoms with Crippen LogP contribution in [0.15, 0.2) is 30.4 Å². The Balaban J connectivity index is -0.000000180. The van der Waals surface area contributed by atoms with E-state index in [1.54, 1.807) is 6.92 Å². The molecule has 3 heteroatoms. The zero-order valence-corrected chi connectivity index (χ0v) is 26.5. The predicted octanol–water partition coefficient (Wildman–Crippen LogP) is 10.5. The molecule has 0 heterocycles. The standard InChI is InChI=1S/C11H16S.C6H12.C5H12O.C4H8O.C4H8.C2H6/c1-4-10-6-5-8(2)11(7-10)9(3)12;1-6-4-2-3-5-6;1-3-5(6)4-2;1-3-4(2)5;1-4(2)3;1-2/h5-7,9,12H,4H2,1-3H3;6H,2-5H2,1H3;5-6H,3-4H2,1-2H3;3H2,1-2H3;1H2,2-3H3;1-2H3/t9-;;;;;/m1...../s1. The first-order chi connectivity index (χ1) is 16.4. The summed E-state index contributed by atoms with van der Waals surface area (Å²) >= 11 is 4.44. The monoisotopic (exact) mass is 510 g/mol. The van der Waals surface area contributed by atoms with Crippen molar-refractivity contribution in [3.8, 4) is 0 Å². The highest BCUT2D eigenvalue weighted by Crippen LogP contribution is 2.24. The minimum atomic E-state index is -0.0648. The van der Waals surface area contributed by atoms with Crippen LogP contribution in [0.25, 0.3) is 0 Å². The Morgan fingerprint density at radius 3 is 1.66 bits per heavy atom. The number of Topliss-reactive ketones (excluding diaryl/α,β-unsaturated/α-hetero) is 1. The van der Waals surface area contributed by atoms with Crippen molar-refractivity contribution in [2.75, 3.05) is 0 Å². The van der Waals surface area contributed by atoms with Gasteiger partial charge in [0, 0.05) is 11.7 Å². The van der Waals surface area contributed by atoms with Crippen molar-refractivity contribution in [2.45, 2.75) is 146 Å². The Morgan fingerprint density at radius 1 is 1.06 bits per heavy atom. The largest absolute Gasteiger partial charge is 0.393 e. The van der Waals surface area contributed by atoms with Crippen LogP contribution in [0.5, 0.6) is 0 Å². The van der Waals surface area contributed by atoms with E-state index in [4.69, 9.17) is 5.11 Å². The van der Waals surface area contributed by atoms with Crippen molar-refractivity contribution in [3.63, 3.8) is 0 Å². The number of allylic oxidation sites excluding steroid dienone is 1. The maximum atomic E-state index is 9.81. The summed E-state index contributed by atoms with van der Waals surface area (Å²) in [7, 11) is 0. The first-order valence-corrected chi connectivity index (χ1v) is 14.4. The van der Waals surface area contributed by atoms with Gasteiger partial charge >= 0.3 is 0 Å². The molecule has 208 valence electrons. The number of aryl methyl sites for hydroxylation is 2. The normalized spacial score (nSPS) is 12.5. The van der Waals surface area contributed by atoms with Gasteiger partial charge in [-0.25, -0.2) is 0 Å². The molecule has 1 saturated carbocycles. The van der Waals surface area contributed by atoms with Crippen molar-refractivity contribution in [3.05, 3.63) is 47.0 Å². The van der Waals surface area contributed by atoms with Crippen LogP contribution in [0.2, 0.25) is 0 Å². The molecule has 1 fully saturated rings. The van der Waals surface area contributed by atoms with Crippen molar-refractivity contribution in [2.24, 2.45) is 5.92 Å². The zero-order valence-electron chi connectivity index (χ0n) is 25.6. The smallest absolute Gasteiger partial charge is 0.129 e. The third-order valence-corrected chi connectivity index (χ3v) is 5.56. The van der Waals surface area contributed by atoms with E-state index in [-0.39, 0.29) is 11.9 Å². The highest BCUT2D eigenvalue weighted by Gasteiger charge is 2.07. The van der Waals surface area contributed by atoms with E-state index >= 15 is 0 Å². The molecule has 1 aliphatic carbocycles. The number of thiol groups is 1. The summed E-state index contributed by atoms with van der Waals surface area (Å²) in [5, 5.41) is 9.01. The van der Waals surface area contributed by atoms with E-state index in [9.17, 15) is 4.79 Å². The molecule has 0 amide bonds. The lowest BCUT2D eigenvalue weighted by atomic mass is 10.0. The molecule has 0 aliphatic heterocycles. The van der Waals surface area contributed by atoms with Gasteiger partial charge in [-0.2, -0.15) is 12.6 Å². The molecule has 1 aromatic carbocycles. The number of carbonyl (C=O) groups excluding carboxylic acids is 1. The SMILES string of the molecule is C=C(C)C.CC.CC1CCCC1.CCC(C)=O.CCC(O)CC.CCc1ccc(C)c([C@@H](C)S)c1. The topological polar surface area (TPSA) is 37.3 Å². The first kappa shape index (κ1) is 41.1. The minimum absolute atomic E-state index is 0.0648. The molecule has 1 N–H and O–H groups in total. The second kappa shape index (κ2) is 29.2. The quantitative estimate of drug-likeness (QED) is 0.305. The molecule has 1 atom stereocenters. The van der Waals surface area contributed by atoms with E-state index in [1.807, 2.05) is 48.5 Å². The second-order valence-corrected chi connectivity index (χ2v) is 10.1. The lowest BCUT2D eigenvalue weighted by Gasteiger charge is -2.10. The fraction of sp³-hybridized carbons (Fsp3) is 0.719. The first-order valence-electron chi connectivity index (χ1n) is 13.9. The van der Waals surface area contributed by atoms with E-state index in [1.165, 1.54) is 47.9 Å². The summed E-state index contributed by atoms with van der Waals surface area (Å²) in [5.41, 5.74) is 5.27. The number of aliphatic hydroxyl groups is 1. The molecular weight excluding hydrogens is 448 g/mol. The molecule has 0 unspecified atom stereocenters. The Bertz CT molecular complexity index is 594. The predicted molar refractivity (Wildman–Crippen MR) is 165 cm³/mol. The van der Waals surface area contributed by atoms with Crippen LogP contribution >= 0.6 is 12.6 Å². The maximum absolute atomic E-state index is 9.81. The Labute approximate surface area is 226 Å². The maximum Gasteiger partial charge on any atom is 0.129 e. The van der Waals surface area contributed by atoms with Gasteiger partial charge in [0.05, 0.1) is 6.10 Å². The number of ketones is 1. The van der Waals surface area contributed by atoms with Crippen LogP contribution in [-0.2, 0) is 11.2 Å². The number of carbonyl (C=O) groups is 1. The zero-order chi connectivity index (χ0) is 28.4. The molecule has 1 aromatic rings. The van der Waals surface area contributed by atoms with Gasteiger partial charge in [-0.1, -0.05) is 97.9 Å². The molecule has 0 spiro atoms. The summed E-state index contributed by atoms with van der Waals surface area (Å²) < 4.78 is 0. The van der Waals surface area contributed by atoms with Gasteiger partial charge < -0.3 is 9.90 Å². The molecule has 1 aliphatic rings. The van der Waals surface area contributed by atoms with Crippen molar-refractivity contribution in [1.82, 2.24) is 0 Å². The van der Waals surface area contributed by atoms with E-state index in [0.29, 0.717) is 11.7 Å². The summed E-state index contributed by atoms with van der Waals surface area (Å²) in [6.07, 6.45) is 9.42. The molecule has 0 saturated heterocycles. The van der Waals surface area contributed by atoms with Gasteiger partial charge in [0.25, 0.3) is 0 Å². The number of benzene rings is 1. The summed E-state index contributed by atoms with van der Waals surface area (Å²) in [6, 6.07) is 6.63. The average Bonchev–Trinajstić information content (AvgIpc) is 3.31. The van der Waals surface area contributed by atoms with Gasteiger partial charge in [0.2, 0.25) is 0 Å². The molecule has 0 radical (unpaired) electrons. The summed E-state index contributed by atoms with van der Waals surface area (Å²) in [5.74, 6) is 1.30. The molecule has 0 aromatic heterocycles. The van der Waals surface area contributed by atoms with Crippen LogP contribution in [0.4, 0.5) is 0 Å². The number of hydrogen-bond acceptors (Lipinski definition) is 3. The van der Waals surface area contributed by atoms with Gasteiger partial charge in [-0.15, -0.1) is 6.58 Å². The summed E-state index contributed by atoms with van der Waals surface area (Å²) in [6.45, 7) is 27.7. The minimum Gasteiger partial charge on any atom is -0.393 e. The van der Waals surface area contributed by atoms with Crippen LogP contribution in [-0.4, -0.2) is 17.0 Å². The van der Waals surface area contributed by atoms with Crippen molar-refractivity contribution < 1.29 is 9.90 Å². The van der Waals surface area contributed by atoms with Crippen LogP contribution in [0.1, 0.15) is 143 Å². The van der Waals surface area contributed by atoms with Crippen LogP contribution in [0, 0.1) is 12.8 Å². The Kier molecular flexibility index (Phi) is 34.2. The lowest BCUT2D eigenvalue weighted by Crippen LogP contribution is -1.99. The summed E-state index contributed by atoms with van der Waals surface area (Å²) in [4.78, 5) is 9.81.